The molecule has 0 spiro atoms. The van der Waals surface area contributed by atoms with Gasteiger partial charge in [-0.05, 0) is 43.7 Å². The van der Waals surface area contributed by atoms with E-state index in [0.29, 0.717) is 6.54 Å². The Hall–Kier alpha value is -2.41. The maximum Gasteiger partial charge on any atom is 0.238 e. The second-order valence-electron chi connectivity index (χ2n) is 8.80. The van der Waals surface area contributed by atoms with E-state index in [4.69, 9.17) is 4.74 Å². The van der Waals surface area contributed by atoms with Crippen molar-refractivity contribution in [1.29, 1.82) is 0 Å². The standard InChI is InChI=1S/C25H34N4O2/c1-20-16-28(17-21(2)31-20)19-25(30)26-23-8-10-24(11-9-23)29-14-12-27(13-15-29)18-22-6-4-3-5-7-22/h3-11,20-21H,12-19H2,1-2H3,(H,26,30)/t20-,21-/m0/s1. The number of hydrogen-bond donors (Lipinski definition) is 1. The molecule has 2 saturated heterocycles. The van der Waals surface area contributed by atoms with Crippen LogP contribution in [0.1, 0.15) is 19.4 Å². The molecular formula is C25H34N4O2. The van der Waals surface area contributed by atoms with Gasteiger partial charge in [-0.2, -0.15) is 0 Å². The molecule has 2 atom stereocenters. The molecule has 6 heteroatoms. The summed E-state index contributed by atoms with van der Waals surface area (Å²) in [7, 11) is 0. The number of nitrogens with zero attached hydrogens (tertiary/aromatic N) is 3. The lowest BCUT2D eigenvalue weighted by Crippen LogP contribution is -2.48. The van der Waals surface area contributed by atoms with Crippen molar-refractivity contribution in [3.63, 3.8) is 0 Å². The summed E-state index contributed by atoms with van der Waals surface area (Å²) < 4.78 is 5.74. The molecule has 4 rings (SSSR count). The summed E-state index contributed by atoms with van der Waals surface area (Å²) in [6.45, 7) is 11.3. The van der Waals surface area contributed by atoms with E-state index in [-0.39, 0.29) is 18.1 Å². The predicted octanol–water partition coefficient (Wildman–Crippen LogP) is 3.06. The lowest BCUT2D eigenvalue weighted by atomic mass is 10.2. The molecule has 31 heavy (non-hydrogen) atoms. The fourth-order valence-corrected chi connectivity index (χ4v) is 4.58. The lowest BCUT2D eigenvalue weighted by Gasteiger charge is -2.36. The number of anilines is 2. The minimum atomic E-state index is 0.0311. The maximum atomic E-state index is 12.5. The first kappa shape index (κ1) is 21.8. The number of nitrogens with one attached hydrogen (secondary N) is 1. The highest BCUT2D eigenvalue weighted by atomic mass is 16.5. The second kappa shape index (κ2) is 10.3. The van der Waals surface area contributed by atoms with Crippen LogP contribution in [0.2, 0.25) is 0 Å². The molecule has 2 aromatic rings. The fourth-order valence-electron chi connectivity index (χ4n) is 4.58. The van der Waals surface area contributed by atoms with Gasteiger partial charge in [0, 0.05) is 57.2 Å². The number of ether oxygens (including phenoxy) is 1. The monoisotopic (exact) mass is 422 g/mol. The van der Waals surface area contributed by atoms with E-state index >= 15 is 0 Å². The SMILES string of the molecule is C[C@H]1CN(CC(=O)Nc2ccc(N3CCN(Cc4ccccc4)CC3)cc2)C[C@H](C)O1. The van der Waals surface area contributed by atoms with Crippen LogP contribution in [-0.2, 0) is 16.1 Å². The third-order valence-electron chi connectivity index (χ3n) is 6.00. The number of carbonyl (C=O) groups is 1. The first-order valence-electron chi connectivity index (χ1n) is 11.3. The second-order valence-corrected chi connectivity index (χ2v) is 8.80. The van der Waals surface area contributed by atoms with Gasteiger partial charge >= 0.3 is 0 Å². The molecule has 0 aromatic heterocycles. The number of morpholine rings is 1. The van der Waals surface area contributed by atoms with Crippen LogP contribution in [0.25, 0.3) is 0 Å². The van der Waals surface area contributed by atoms with Crippen LogP contribution in [0.3, 0.4) is 0 Å². The fraction of sp³-hybridized carbons (Fsp3) is 0.480. The predicted molar refractivity (Wildman–Crippen MR) is 125 cm³/mol. The molecule has 6 nitrogen and oxygen atoms in total. The van der Waals surface area contributed by atoms with Gasteiger partial charge in [-0.25, -0.2) is 0 Å². The average Bonchev–Trinajstić information content (AvgIpc) is 2.75. The molecule has 2 aliphatic heterocycles. The highest BCUT2D eigenvalue weighted by molar-refractivity contribution is 5.92. The Morgan fingerprint density at radius 1 is 0.903 bits per heavy atom. The van der Waals surface area contributed by atoms with E-state index in [2.05, 4.69) is 76.3 Å². The quantitative estimate of drug-likeness (QED) is 0.775. The van der Waals surface area contributed by atoms with Crippen molar-refractivity contribution in [3.8, 4) is 0 Å². The topological polar surface area (TPSA) is 48.1 Å². The van der Waals surface area contributed by atoms with Crippen LogP contribution < -0.4 is 10.2 Å². The van der Waals surface area contributed by atoms with Crippen LogP contribution in [0, 0.1) is 0 Å². The Balaban J connectivity index is 1.23. The van der Waals surface area contributed by atoms with E-state index in [0.717, 1.165) is 51.5 Å². The van der Waals surface area contributed by atoms with Crippen LogP contribution in [0.4, 0.5) is 11.4 Å². The number of hydrogen-bond acceptors (Lipinski definition) is 5. The Labute approximate surface area is 185 Å². The van der Waals surface area contributed by atoms with Gasteiger partial charge in [-0.1, -0.05) is 30.3 Å². The van der Waals surface area contributed by atoms with Gasteiger partial charge in [0.05, 0.1) is 18.8 Å². The van der Waals surface area contributed by atoms with Crippen LogP contribution >= 0.6 is 0 Å². The zero-order valence-electron chi connectivity index (χ0n) is 18.7. The molecule has 0 radical (unpaired) electrons. The molecule has 0 bridgehead atoms. The minimum Gasteiger partial charge on any atom is -0.373 e. The van der Waals surface area contributed by atoms with E-state index in [1.165, 1.54) is 11.3 Å². The number of piperazine rings is 1. The molecule has 166 valence electrons. The summed E-state index contributed by atoms with van der Waals surface area (Å²) in [4.78, 5) is 19.5. The molecule has 1 amide bonds. The highest BCUT2D eigenvalue weighted by Gasteiger charge is 2.23. The first-order chi connectivity index (χ1) is 15.0. The van der Waals surface area contributed by atoms with Crippen LogP contribution in [0.15, 0.2) is 54.6 Å². The maximum absolute atomic E-state index is 12.5. The minimum absolute atomic E-state index is 0.0311. The summed E-state index contributed by atoms with van der Waals surface area (Å²) >= 11 is 0. The van der Waals surface area contributed by atoms with Crippen molar-refractivity contribution >= 4 is 17.3 Å². The third-order valence-corrected chi connectivity index (χ3v) is 6.00. The van der Waals surface area contributed by atoms with Gasteiger partial charge in [0.25, 0.3) is 0 Å². The Morgan fingerprint density at radius 2 is 1.55 bits per heavy atom. The van der Waals surface area contributed by atoms with Gasteiger partial charge < -0.3 is 15.0 Å². The van der Waals surface area contributed by atoms with Gasteiger partial charge in [0.2, 0.25) is 5.91 Å². The number of carbonyl (C=O) groups excluding carboxylic acids is 1. The van der Waals surface area contributed by atoms with E-state index in [1.54, 1.807) is 0 Å². The first-order valence-corrected chi connectivity index (χ1v) is 11.3. The molecule has 2 aromatic carbocycles. The zero-order chi connectivity index (χ0) is 21.6. The molecule has 0 aliphatic carbocycles. The van der Waals surface area contributed by atoms with Crippen molar-refractivity contribution in [2.45, 2.75) is 32.6 Å². The summed E-state index contributed by atoms with van der Waals surface area (Å²) in [6.07, 6.45) is 0.341. The average molecular weight is 423 g/mol. The summed E-state index contributed by atoms with van der Waals surface area (Å²) in [6, 6.07) is 18.9. The van der Waals surface area contributed by atoms with Crippen LogP contribution in [0.5, 0.6) is 0 Å². The Morgan fingerprint density at radius 3 is 2.19 bits per heavy atom. The molecule has 1 N–H and O–H groups in total. The summed E-state index contributed by atoms with van der Waals surface area (Å²) in [5.74, 6) is 0.0311. The number of amides is 1. The molecular weight excluding hydrogens is 388 g/mol. The van der Waals surface area contributed by atoms with E-state index in [1.807, 2.05) is 12.1 Å². The lowest BCUT2D eigenvalue weighted by molar-refractivity contribution is -0.121. The van der Waals surface area contributed by atoms with Crippen molar-refractivity contribution in [2.75, 3.05) is 56.0 Å². The number of benzene rings is 2. The van der Waals surface area contributed by atoms with Crippen molar-refractivity contribution in [1.82, 2.24) is 9.80 Å². The van der Waals surface area contributed by atoms with Crippen molar-refractivity contribution in [3.05, 3.63) is 60.2 Å². The highest BCUT2D eigenvalue weighted by Crippen LogP contribution is 2.20. The molecule has 2 heterocycles. The molecule has 2 aliphatic rings. The molecule has 0 unspecified atom stereocenters. The third kappa shape index (κ3) is 6.29. The largest absolute Gasteiger partial charge is 0.373 e. The van der Waals surface area contributed by atoms with E-state index < -0.39 is 0 Å². The van der Waals surface area contributed by atoms with Gasteiger partial charge in [0.1, 0.15) is 0 Å². The summed E-state index contributed by atoms with van der Waals surface area (Å²) in [5.41, 5.74) is 3.44. The Bertz CT molecular complexity index is 824. The summed E-state index contributed by atoms with van der Waals surface area (Å²) in [5, 5.41) is 3.04. The van der Waals surface area contributed by atoms with Gasteiger partial charge in [-0.3, -0.25) is 14.6 Å². The van der Waals surface area contributed by atoms with Crippen molar-refractivity contribution in [2.24, 2.45) is 0 Å². The smallest absolute Gasteiger partial charge is 0.238 e. The molecule has 2 fully saturated rings. The number of rotatable bonds is 6. The van der Waals surface area contributed by atoms with Gasteiger partial charge in [-0.15, -0.1) is 0 Å². The normalized spacial score (nSPS) is 23.0. The Kier molecular flexibility index (Phi) is 7.22. The van der Waals surface area contributed by atoms with Crippen molar-refractivity contribution < 1.29 is 9.53 Å². The molecule has 0 saturated carbocycles. The van der Waals surface area contributed by atoms with Crippen LogP contribution in [-0.4, -0.2) is 73.7 Å². The van der Waals surface area contributed by atoms with Gasteiger partial charge in [0.15, 0.2) is 0 Å². The van der Waals surface area contributed by atoms with E-state index in [9.17, 15) is 4.79 Å². The zero-order valence-corrected chi connectivity index (χ0v) is 18.7.